The number of aliphatic hydroxyl groups is 1. The van der Waals surface area contributed by atoms with E-state index in [1.54, 1.807) is 24.3 Å². The first-order chi connectivity index (χ1) is 18.2. The van der Waals surface area contributed by atoms with Gasteiger partial charge in [-0.05, 0) is 37.6 Å². The minimum atomic E-state index is -0.582. The van der Waals surface area contributed by atoms with Crippen LogP contribution in [0.3, 0.4) is 0 Å². The Bertz CT molecular complexity index is 1290. The Morgan fingerprint density at radius 1 is 1.29 bits per heavy atom. The zero-order valence-electron chi connectivity index (χ0n) is 21.9. The molecule has 2 aromatic carbocycles. The second-order valence-electron chi connectivity index (χ2n) is 9.92. The van der Waals surface area contributed by atoms with Crippen LogP contribution in [-0.2, 0) is 4.79 Å². The van der Waals surface area contributed by atoms with Crippen LogP contribution in [0.5, 0.6) is 11.5 Å². The normalized spacial score (nSPS) is 18.5. The number of hydrogen-bond acceptors (Lipinski definition) is 8. The van der Waals surface area contributed by atoms with Crippen molar-refractivity contribution in [3.63, 3.8) is 0 Å². The van der Waals surface area contributed by atoms with Gasteiger partial charge in [-0.1, -0.05) is 31.5 Å². The number of aliphatic hydroxyl groups excluding tert-OH is 1. The molecule has 38 heavy (non-hydrogen) atoms. The van der Waals surface area contributed by atoms with Crippen LogP contribution in [0.1, 0.15) is 26.7 Å². The van der Waals surface area contributed by atoms with Crippen LogP contribution in [-0.4, -0.2) is 71.4 Å². The van der Waals surface area contributed by atoms with Gasteiger partial charge in [-0.15, -0.1) is 0 Å². The molecule has 2 heterocycles. The molecule has 3 N–H and O–H groups in total. The van der Waals surface area contributed by atoms with Crippen molar-refractivity contribution in [1.82, 2.24) is 20.2 Å². The van der Waals surface area contributed by atoms with E-state index in [4.69, 9.17) is 21.1 Å². The van der Waals surface area contributed by atoms with Crippen molar-refractivity contribution in [2.75, 3.05) is 32.6 Å². The van der Waals surface area contributed by atoms with E-state index in [-0.39, 0.29) is 41.4 Å². The molecule has 4 rings (SSSR count). The molecule has 1 fully saturated rings. The zero-order chi connectivity index (χ0) is 27.4. The van der Waals surface area contributed by atoms with Gasteiger partial charge in [0.15, 0.2) is 17.3 Å². The molecule has 1 aromatic heterocycles. The lowest BCUT2D eigenvalue weighted by Gasteiger charge is -2.23. The highest BCUT2D eigenvalue weighted by atomic mass is 35.5. The molecular weight excluding hydrogens is 513 g/mol. The number of rotatable bonds is 10. The van der Waals surface area contributed by atoms with Gasteiger partial charge in [-0.2, -0.15) is 0 Å². The minimum absolute atomic E-state index is 0.00230. The quantitative estimate of drug-likeness (QED) is 0.349. The standard InChI is InChI=1S/C27H33ClFN5O4/c1-15(2)8-16(13-35)32-27(36)22-9-17(12-34(22)3)38-24-10-18-21(11-23(24)37-4)30-14-31-26(18)33-20-7-5-6-19(28)25(20)29/h5-7,10-11,14-17,22,35H,8-9,12-13H2,1-4H3,(H,32,36)(H,30,31,33)/t16-,17-,22+/m0/s1. The van der Waals surface area contributed by atoms with Gasteiger partial charge in [-0.3, -0.25) is 9.69 Å². The van der Waals surface area contributed by atoms with E-state index in [1.807, 2.05) is 11.9 Å². The van der Waals surface area contributed by atoms with Gasteiger partial charge in [0.05, 0.1) is 42.0 Å². The molecule has 0 spiro atoms. The summed E-state index contributed by atoms with van der Waals surface area (Å²) in [7, 11) is 3.41. The maximum atomic E-state index is 14.5. The fourth-order valence-electron chi connectivity index (χ4n) is 4.71. The van der Waals surface area contributed by atoms with Crippen molar-refractivity contribution < 1.29 is 23.8 Å². The molecule has 1 amide bonds. The van der Waals surface area contributed by atoms with Gasteiger partial charge in [0.25, 0.3) is 0 Å². The number of likely N-dealkylation sites (tertiary alicyclic amines) is 1. The summed E-state index contributed by atoms with van der Waals surface area (Å²) in [5.74, 6) is 0.947. The number of nitrogens with one attached hydrogen (secondary N) is 2. The topological polar surface area (TPSA) is 109 Å². The van der Waals surface area contributed by atoms with Gasteiger partial charge >= 0.3 is 0 Å². The smallest absolute Gasteiger partial charge is 0.237 e. The summed E-state index contributed by atoms with van der Waals surface area (Å²) in [4.78, 5) is 23.5. The summed E-state index contributed by atoms with van der Waals surface area (Å²) >= 11 is 5.93. The Balaban J connectivity index is 1.55. The second kappa shape index (κ2) is 12.1. The zero-order valence-corrected chi connectivity index (χ0v) is 22.6. The highest BCUT2D eigenvalue weighted by molar-refractivity contribution is 6.31. The Morgan fingerprint density at radius 2 is 2.08 bits per heavy atom. The number of anilines is 2. The third kappa shape index (κ3) is 6.25. The molecule has 1 aliphatic rings. The second-order valence-corrected chi connectivity index (χ2v) is 10.3. The molecule has 0 unspecified atom stereocenters. The van der Waals surface area contributed by atoms with Crippen LogP contribution in [0.25, 0.3) is 10.9 Å². The van der Waals surface area contributed by atoms with Crippen LogP contribution in [0.15, 0.2) is 36.7 Å². The largest absolute Gasteiger partial charge is 0.493 e. The van der Waals surface area contributed by atoms with E-state index in [0.29, 0.717) is 53.5 Å². The van der Waals surface area contributed by atoms with E-state index >= 15 is 0 Å². The van der Waals surface area contributed by atoms with Crippen molar-refractivity contribution in [1.29, 1.82) is 0 Å². The number of halogens is 2. The number of amides is 1. The molecule has 3 atom stereocenters. The molecule has 3 aromatic rings. The number of ether oxygens (including phenoxy) is 2. The number of aromatic nitrogens is 2. The molecular formula is C27H33ClFN5O4. The van der Waals surface area contributed by atoms with Gasteiger partial charge in [0.2, 0.25) is 5.91 Å². The first-order valence-corrected chi connectivity index (χ1v) is 12.9. The van der Waals surface area contributed by atoms with Crippen molar-refractivity contribution in [3.05, 3.63) is 47.5 Å². The number of fused-ring (bicyclic) bond motifs is 1. The summed E-state index contributed by atoms with van der Waals surface area (Å²) in [6, 6.07) is 7.48. The fraction of sp³-hybridized carbons (Fsp3) is 0.444. The van der Waals surface area contributed by atoms with Gasteiger partial charge in [0, 0.05) is 24.4 Å². The van der Waals surface area contributed by atoms with Crippen molar-refractivity contribution >= 4 is 39.9 Å². The van der Waals surface area contributed by atoms with E-state index in [2.05, 4.69) is 34.4 Å². The molecule has 204 valence electrons. The SMILES string of the molecule is COc1cc2ncnc(Nc3cccc(Cl)c3F)c2cc1O[C@H]1C[C@H](C(=O)N[C@H](CO)CC(C)C)N(C)C1. The predicted octanol–water partition coefficient (Wildman–Crippen LogP) is 4.15. The van der Waals surface area contributed by atoms with Crippen LogP contribution in [0, 0.1) is 11.7 Å². The average Bonchev–Trinajstić information content (AvgIpc) is 3.25. The van der Waals surface area contributed by atoms with E-state index < -0.39 is 5.82 Å². The number of nitrogens with zero attached hydrogens (tertiary/aromatic N) is 3. The van der Waals surface area contributed by atoms with E-state index in [0.717, 1.165) is 0 Å². The number of likely N-dealkylation sites (N-methyl/N-ethyl adjacent to an activating group) is 1. The van der Waals surface area contributed by atoms with Crippen LogP contribution in [0.2, 0.25) is 5.02 Å². The Kier molecular flexibility index (Phi) is 8.86. The highest BCUT2D eigenvalue weighted by Crippen LogP contribution is 2.37. The number of carbonyl (C=O) groups is 1. The lowest BCUT2D eigenvalue weighted by atomic mass is 10.0. The molecule has 0 bridgehead atoms. The first-order valence-electron chi connectivity index (χ1n) is 12.5. The molecule has 1 aliphatic heterocycles. The number of methoxy groups -OCH3 is 1. The summed E-state index contributed by atoms with van der Waals surface area (Å²) in [6.07, 6.45) is 2.25. The molecule has 0 radical (unpaired) electrons. The molecule has 0 aliphatic carbocycles. The Hall–Kier alpha value is -3.21. The molecule has 0 saturated carbocycles. The van der Waals surface area contributed by atoms with Crippen molar-refractivity contribution in [3.8, 4) is 11.5 Å². The monoisotopic (exact) mass is 545 g/mol. The van der Waals surface area contributed by atoms with Crippen molar-refractivity contribution in [2.24, 2.45) is 5.92 Å². The van der Waals surface area contributed by atoms with E-state index in [9.17, 15) is 14.3 Å². The third-order valence-corrected chi connectivity index (χ3v) is 6.85. The predicted molar refractivity (Wildman–Crippen MR) is 145 cm³/mol. The summed E-state index contributed by atoms with van der Waals surface area (Å²) in [6.45, 7) is 4.52. The fourth-order valence-corrected chi connectivity index (χ4v) is 4.89. The number of carbonyl (C=O) groups excluding carboxylic acids is 1. The highest BCUT2D eigenvalue weighted by Gasteiger charge is 2.37. The van der Waals surface area contributed by atoms with Gasteiger partial charge in [-0.25, -0.2) is 14.4 Å². The van der Waals surface area contributed by atoms with Crippen LogP contribution >= 0.6 is 11.6 Å². The molecule has 1 saturated heterocycles. The summed E-state index contributed by atoms with van der Waals surface area (Å²) in [5.41, 5.74) is 0.760. The van der Waals surface area contributed by atoms with E-state index in [1.165, 1.54) is 19.5 Å². The summed E-state index contributed by atoms with van der Waals surface area (Å²) in [5, 5.41) is 16.2. The first kappa shape index (κ1) is 27.8. The third-order valence-electron chi connectivity index (χ3n) is 6.55. The Morgan fingerprint density at radius 3 is 2.79 bits per heavy atom. The lowest BCUT2D eigenvalue weighted by Crippen LogP contribution is -2.47. The average molecular weight is 546 g/mol. The lowest BCUT2D eigenvalue weighted by molar-refractivity contribution is -0.126. The number of benzene rings is 2. The van der Waals surface area contributed by atoms with Gasteiger partial charge in [0.1, 0.15) is 18.2 Å². The minimum Gasteiger partial charge on any atom is -0.493 e. The summed E-state index contributed by atoms with van der Waals surface area (Å²) < 4.78 is 26.4. The maximum Gasteiger partial charge on any atom is 0.237 e. The molecule has 9 nitrogen and oxygen atoms in total. The van der Waals surface area contributed by atoms with Crippen LogP contribution in [0.4, 0.5) is 15.9 Å². The Labute approximate surface area is 226 Å². The maximum absolute atomic E-state index is 14.5. The van der Waals surface area contributed by atoms with Crippen LogP contribution < -0.4 is 20.1 Å². The molecule has 11 heteroatoms. The van der Waals surface area contributed by atoms with Crippen molar-refractivity contribution in [2.45, 2.75) is 44.9 Å². The van der Waals surface area contributed by atoms with Gasteiger partial charge < -0.3 is 25.2 Å². The number of hydrogen-bond donors (Lipinski definition) is 3.